The molecule has 0 radical (unpaired) electrons. The Kier molecular flexibility index (Phi) is 9.28. The first-order chi connectivity index (χ1) is 18.5. The predicted octanol–water partition coefficient (Wildman–Crippen LogP) is 4.12. The minimum Gasteiger partial charge on any atom is -0.478 e. The molecule has 4 rings (SSSR count). The van der Waals surface area contributed by atoms with Crippen molar-refractivity contribution in [2.45, 2.75) is 12.6 Å². The summed E-state index contributed by atoms with van der Waals surface area (Å²) >= 11 is 0. The van der Waals surface area contributed by atoms with E-state index in [0.717, 1.165) is 16.8 Å². The molecule has 0 saturated heterocycles. The van der Waals surface area contributed by atoms with E-state index in [4.69, 9.17) is 15.3 Å². The quantitative estimate of drug-likeness (QED) is 0.145. The summed E-state index contributed by atoms with van der Waals surface area (Å²) in [6.07, 6.45) is -0.468. The van der Waals surface area contributed by atoms with Crippen molar-refractivity contribution < 1.29 is 42.5 Å². The molecule has 0 amide bonds. The molecule has 14 heteroatoms. The number of aliphatic hydroxyl groups is 1. The number of nitrogens with zero attached hydrogens (tertiary/aromatic N) is 4. The van der Waals surface area contributed by atoms with Crippen LogP contribution >= 0.6 is 0 Å². The van der Waals surface area contributed by atoms with Gasteiger partial charge in [-0.1, -0.05) is 0 Å². The molecule has 0 spiro atoms. The van der Waals surface area contributed by atoms with Gasteiger partial charge in [-0.3, -0.25) is 0 Å². The van der Waals surface area contributed by atoms with Crippen LogP contribution in [0.25, 0.3) is 28.0 Å². The number of carboxylic acid groups (broad SMARTS) is 2. The molecule has 3 heterocycles. The Bertz CT molecular complexity index is 1470. The van der Waals surface area contributed by atoms with E-state index < -0.39 is 29.5 Å². The van der Waals surface area contributed by atoms with E-state index >= 15 is 0 Å². The maximum absolute atomic E-state index is 13.4. The van der Waals surface area contributed by atoms with Crippen LogP contribution in [0.5, 0.6) is 0 Å². The number of aliphatic carboxylic acids is 2. The van der Waals surface area contributed by atoms with Crippen molar-refractivity contribution in [3.05, 3.63) is 78.4 Å². The van der Waals surface area contributed by atoms with Gasteiger partial charge in [-0.2, -0.15) is 18.3 Å². The van der Waals surface area contributed by atoms with E-state index in [9.17, 15) is 27.2 Å². The fourth-order valence-corrected chi connectivity index (χ4v) is 3.28. The number of pyridine rings is 1. The van der Waals surface area contributed by atoms with Crippen LogP contribution in [0.4, 0.5) is 23.5 Å². The van der Waals surface area contributed by atoms with Gasteiger partial charge in [0.2, 0.25) is 5.95 Å². The standard InChI is InChI=1S/C21H17F4N5O.C4H4O4/c22-15-5-2-13(3-6-15)19-18(16-8-10-27-20(28-16)26-9-1-11-31)17-7-4-14(21(23,24)25)12-30(17)29-19;5-3(6)1-2-4(7)8/h2-8,10,12,31H,1,9,11H2,(H,26,27,28);1-2H,(H,5,6)(H,7,8)/b;2-1+. The molecule has 0 aliphatic carbocycles. The lowest BCUT2D eigenvalue weighted by molar-refractivity contribution is -0.138. The van der Waals surface area contributed by atoms with Crippen molar-refractivity contribution in [2.75, 3.05) is 18.5 Å². The molecule has 0 bridgehead atoms. The Balaban J connectivity index is 0.000000459. The maximum atomic E-state index is 13.4. The summed E-state index contributed by atoms with van der Waals surface area (Å²) in [7, 11) is 0. The van der Waals surface area contributed by atoms with Crippen molar-refractivity contribution in [1.29, 1.82) is 0 Å². The zero-order valence-electron chi connectivity index (χ0n) is 19.9. The molecule has 0 aliphatic rings. The third-order valence-corrected chi connectivity index (χ3v) is 4.97. The SMILES string of the molecule is O=C(O)/C=C/C(=O)O.OCCCNc1nccc(-c2c(-c3ccc(F)cc3)nn3cc(C(F)(F)F)ccc23)n1. The average molecular weight is 547 g/mol. The first-order valence-corrected chi connectivity index (χ1v) is 11.2. The summed E-state index contributed by atoms with van der Waals surface area (Å²) in [5.41, 5.74) is 1.39. The monoisotopic (exact) mass is 547 g/mol. The van der Waals surface area contributed by atoms with E-state index in [1.807, 2.05) is 0 Å². The number of aliphatic hydroxyl groups excluding tert-OH is 1. The number of fused-ring (bicyclic) bond motifs is 1. The van der Waals surface area contributed by atoms with Gasteiger partial charge in [0.1, 0.15) is 11.5 Å². The van der Waals surface area contributed by atoms with Crippen LogP contribution in [0.2, 0.25) is 0 Å². The second kappa shape index (κ2) is 12.6. The number of benzene rings is 1. The third kappa shape index (κ3) is 7.82. The van der Waals surface area contributed by atoms with Gasteiger partial charge >= 0.3 is 18.1 Å². The molecule has 0 aliphatic heterocycles. The summed E-state index contributed by atoms with van der Waals surface area (Å²) in [6.45, 7) is 0.464. The highest BCUT2D eigenvalue weighted by Crippen LogP contribution is 2.36. The molecule has 204 valence electrons. The molecule has 10 nitrogen and oxygen atoms in total. The number of halogens is 4. The number of anilines is 1. The summed E-state index contributed by atoms with van der Waals surface area (Å²) in [6, 6.07) is 9.46. The Labute approximate surface area is 217 Å². The summed E-state index contributed by atoms with van der Waals surface area (Å²) < 4.78 is 54.1. The molecule has 1 aromatic carbocycles. The molecule has 0 saturated carbocycles. The van der Waals surface area contributed by atoms with E-state index in [0.29, 0.717) is 59.1 Å². The van der Waals surface area contributed by atoms with Gasteiger partial charge in [0.15, 0.2) is 0 Å². The zero-order chi connectivity index (χ0) is 28.6. The Morgan fingerprint density at radius 1 is 1.00 bits per heavy atom. The Morgan fingerprint density at radius 3 is 2.26 bits per heavy atom. The van der Waals surface area contributed by atoms with Gasteiger partial charge in [0, 0.05) is 43.3 Å². The molecule has 4 N–H and O–H groups in total. The van der Waals surface area contributed by atoms with E-state index in [1.165, 1.54) is 36.5 Å². The van der Waals surface area contributed by atoms with Crippen LogP contribution in [-0.2, 0) is 15.8 Å². The maximum Gasteiger partial charge on any atom is 0.417 e. The molecule has 0 unspecified atom stereocenters. The van der Waals surface area contributed by atoms with Crippen molar-refractivity contribution in [3.63, 3.8) is 0 Å². The van der Waals surface area contributed by atoms with Gasteiger partial charge in [0.05, 0.1) is 22.3 Å². The molecule has 39 heavy (non-hydrogen) atoms. The summed E-state index contributed by atoms with van der Waals surface area (Å²) in [4.78, 5) is 27.7. The first-order valence-electron chi connectivity index (χ1n) is 11.2. The number of carbonyl (C=O) groups is 2. The third-order valence-electron chi connectivity index (χ3n) is 4.97. The van der Waals surface area contributed by atoms with Crippen LogP contribution in [0.15, 0.2) is 67.0 Å². The van der Waals surface area contributed by atoms with Crippen molar-refractivity contribution in [3.8, 4) is 22.5 Å². The van der Waals surface area contributed by atoms with Gasteiger partial charge in [-0.05, 0) is 48.9 Å². The van der Waals surface area contributed by atoms with Crippen LogP contribution < -0.4 is 5.32 Å². The lowest BCUT2D eigenvalue weighted by Gasteiger charge is -2.08. The van der Waals surface area contributed by atoms with E-state index in [2.05, 4.69) is 20.4 Å². The lowest BCUT2D eigenvalue weighted by Crippen LogP contribution is -2.07. The van der Waals surface area contributed by atoms with Crippen LogP contribution in [0.3, 0.4) is 0 Å². The molecule has 0 atom stereocenters. The minimum absolute atomic E-state index is 0.0109. The van der Waals surface area contributed by atoms with Crippen molar-refractivity contribution in [2.24, 2.45) is 0 Å². The number of carboxylic acids is 2. The van der Waals surface area contributed by atoms with Crippen LogP contribution in [-0.4, -0.2) is 60.0 Å². The van der Waals surface area contributed by atoms with Gasteiger partial charge < -0.3 is 20.6 Å². The fourth-order valence-electron chi connectivity index (χ4n) is 3.28. The number of hydrogen-bond donors (Lipinski definition) is 4. The number of hydrogen-bond acceptors (Lipinski definition) is 7. The second-order valence-corrected chi connectivity index (χ2v) is 7.76. The van der Waals surface area contributed by atoms with Gasteiger partial charge in [0.25, 0.3) is 0 Å². The van der Waals surface area contributed by atoms with Gasteiger partial charge in [-0.25, -0.2) is 28.5 Å². The first kappa shape index (κ1) is 28.7. The zero-order valence-corrected chi connectivity index (χ0v) is 19.9. The van der Waals surface area contributed by atoms with E-state index in [-0.39, 0.29) is 6.61 Å². The van der Waals surface area contributed by atoms with Crippen LogP contribution in [0.1, 0.15) is 12.0 Å². The smallest absolute Gasteiger partial charge is 0.417 e. The molecular formula is C25H21F4N5O5. The van der Waals surface area contributed by atoms with E-state index in [1.54, 1.807) is 6.07 Å². The summed E-state index contributed by atoms with van der Waals surface area (Å²) in [5, 5.41) is 31.9. The highest BCUT2D eigenvalue weighted by Gasteiger charge is 2.31. The van der Waals surface area contributed by atoms with Crippen LogP contribution in [0, 0.1) is 5.82 Å². The molecule has 4 aromatic rings. The second-order valence-electron chi connectivity index (χ2n) is 7.76. The molecular weight excluding hydrogens is 526 g/mol. The lowest BCUT2D eigenvalue weighted by atomic mass is 10.0. The topological polar surface area (TPSA) is 150 Å². The Hall–Kier alpha value is -4.85. The Morgan fingerprint density at radius 2 is 1.67 bits per heavy atom. The normalized spacial score (nSPS) is 11.3. The predicted molar refractivity (Wildman–Crippen MR) is 131 cm³/mol. The van der Waals surface area contributed by atoms with Crippen molar-refractivity contribution >= 4 is 23.4 Å². The number of nitrogens with one attached hydrogen (secondary N) is 1. The number of aromatic nitrogens is 4. The van der Waals surface area contributed by atoms with Gasteiger partial charge in [-0.15, -0.1) is 0 Å². The molecule has 0 fully saturated rings. The largest absolute Gasteiger partial charge is 0.478 e. The molecule has 3 aromatic heterocycles. The highest BCUT2D eigenvalue weighted by atomic mass is 19.4. The summed E-state index contributed by atoms with van der Waals surface area (Å²) in [5.74, 6) is -2.65. The minimum atomic E-state index is -4.52. The number of rotatable bonds is 8. The van der Waals surface area contributed by atoms with Crippen molar-refractivity contribution in [1.82, 2.24) is 19.6 Å². The fraction of sp³-hybridized carbons (Fsp3) is 0.160. The average Bonchev–Trinajstić information content (AvgIpc) is 3.27. The highest BCUT2D eigenvalue weighted by molar-refractivity contribution is 5.91. The number of alkyl halides is 3.